The number of H-pyrrole nitrogens is 2. The van der Waals surface area contributed by atoms with Gasteiger partial charge in [-0.1, -0.05) is 179 Å². The average molecular weight is 1920 g/mol. The SMILES string of the molecule is C.C[C@@H](Cn1c(=O)c(N2CCN(Cc3cccc(-c4nn[nH]n4)c3)CC2)cn(Cc2c(F)cccc2C(F)(F)F)c1=O)c1ccccc1.C[C@@H](Cn1c(=O)c(N2CCN(Cc3cccc(C#N)c3)CC2)cn(Cc2c(F)cccc2C(F)(F)F)c1=O)c1ccccc1.N[C@@H](Cn1c(=O)c(N2CCN(Cc3cccc(-c4nn[nH]n4)c3)CC2)cn(Cc2c(F)cccc2C(F)(F)F)c1=O)c1ccccc1. The van der Waals surface area contributed by atoms with Crippen LogP contribution in [0.1, 0.15) is 111 Å². The number of hydrogen-bond acceptors (Lipinski definition) is 20. The molecule has 139 heavy (non-hydrogen) atoms. The van der Waals surface area contributed by atoms with Gasteiger partial charge in [0.1, 0.15) is 34.5 Å². The van der Waals surface area contributed by atoms with Gasteiger partial charge >= 0.3 is 35.6 Å². The molecule has 0 spiro atoms. The Labute approximate surface area is 788 Å². The summed E-state index contributed by atoms with van der Waals surface area (Å²) in [5.74, 6) is -2.83. The van der Waals surface area contributed by atoms with Gasteiger partial charge in [-0.15, -0.1) is 20.4 Å². The lowest BCUT2D eigenvalue weighted by molar-refractivity contribution is -0.139. The van der Waals surface area contributed by atoms with Crippen LogP contribution < -0.4 is 54.2 Å². The summed E-state index contributed by atoms with van der Waals surface area (Å²) in [5, 5.41) is 37.4. The van der Waals surface area contributed by atoms with Gasteiger partial charge in [-0.2, -0.15) is 55.2 Å². The van der Waals surface area contributed by atoms with Gasteiger partial charge < -0.3 is 20.4 Å². The van der Waals surface area contributed by atoms with Crippen molar-refractivity contribution in [3.8, 4) is 28.8 Å². The monoisotopic (exact) mass is 1920 g/mol. The van der Waals surface area contributed by atoms with Gasteiger partial charge in [-0.3, -0.25) is 56.5 Å². The molecule has 3 fully saturated rings. The Morgan fingerprint density at radius 3 is 0.986 bits per heavy atom. The van der Waals surface area contributed by atoms with Crippen LogP contribution in [-0.2, 0) is 77.4 Å². The topological polar surface area (TPSA) is 310 Å². The molecule has 5 aromatic heterocycles. The number of rotatable bonds is 26. The number of halogens is 12. The molecule has 0 bridgehead atoms. The molecule has 0 unspecified atom stereocenters. The Bertz CT molecular complexity index is 6720. The fourth-order valence-corrected chi connectivity index (χ4v) is 17.3. The Hall–Kier alpha value is -15.0. The number of nitrogens with two attached hydrogens (primary N) is 1. The predicted molar refractivity (Wildman–Crippen MR) is 499 cm³/mol. The van der Waals surface area contributed by atoms with Crippen molar-refractivity contribution < 1.29 is 52.7 Å². The van der Waals surface area contributed by atoms with E-state index in [1.807, 2.05) is 151 Å². The van der Waals surface area contributed by atoms with Crippen LogP contribution in [0.15, 0.2) is 266 Å². The van der Waals surface area contributed by atoms with Crippen molar-refractivity contribution in [2.24, 2.45) is 5.73 Å². The van der Waals surface area contributed by atoms with E-state index in [4.69, 9.17) is 5.73 Å². The summed E-state index contributed by atoms with van der Waals surface area (Å²) in [6.45, 7) is 9.14. The zero-order chi connectivity index (χ0) is 97.7. The molecule has 3 atom stereocenters. The van der Waals surface area contributed by atoms with Crippen LogP contribution in [0.5, 0.6) is 0 Å². The first-order chi connectivity index (χ1) is 66.2. The van der Waals surface area contributed by atoms with Crippen LogP contribution in [-0.4, -0.2) is 162 Å². The number of aromatic nitrogens is 14. The summed E-state index contributed by atoms with van der Waals surface area (Å²) < 4.78 is 175. The minimum atomic E-state index is -4.85. The maximum absolute atomic E-state index is 14.9. The maximum atomic E-state index is 14.9. The van der Waals surface area contributed by atoms with E-state index in [1.165, 1.54) is 18.6 Å². The quantitative estimate of drug-likeness (QED) is 0.0424. The van der Waals surface area contributed by atoms with Crippen LogP contribution in [0.2, 0.25) is 0 Å². The number of aromatic amines is 2. The van der Waals surface area contributed by atoms with Crippen molar-refractivity contribution in [3.63, 3.8) is 0 Å². The molecular formula is C99H98F12N22O6. The smallest absolute Gasteiger partial charge is 0.363 e. The van der Waals surface area contributed by atoms with Crippen LogP contribution in [0.3, 0.4) is 0 Å². The second-order valence-electron chi connectivity index (χ2n) is 33.9. The summed E-state index contributed by atoms with van der Waals surface area (Å²) in [5.41, 5.74) is 4.76. The van der Waals surface area contributed by atoms with Crippen molar-refractivity contribution >= 4 is 17.1 Å². The van der Waals surface area contributed by atoms with Crippen molar-refractivity contribution in [1.82, 2.24) is 83.4 Å². The molecule has 17 rings (SSSR count). The third-order valence-corrected chi connectivity index (χ3v) is 24.6. The van der Waals surface area contributed by atoms with Crippen molar-refractivity contribution in [2.75, 3.05) is 93.2 Å². The highest BCUT2D eigenvalue weighted by atomic mass is 19.4. The first kappa shape index (κ1) is 100. The van der Waals surface area contributed by atoms with E-state index in [1.54, 1.807) is 41.3 Å². The van der Waals surface area contributed by atoms with Crippen LogP contribution in [0.4, 0.5) is 69.7 Å². The molecule has 8 heterocycles. The van der Waals surface area contributed by atoms with Crippen LogP contribution in [0, 0.1) is 28.8 Å². The summed E-state index contributed by atoms with van der Waals surface area (Å²) in [4.78, 5) is 94.6. The maximum Gasteiger partial charge on any atom is 0.416 e. The normalized spacial score (nSPS) is 14.7. The molecule has 3 aliphatic rings. The lowest BCUT2D eigenvalue weighted by atomic mass is 10.0. The van der Waals surface area contributed by atoms with Crippen LogP contribution >= 0.6 is 0 Å². The lowest BCUT2D eigenvalue weighted by Gasteiger charge is -2.36. The summed E-state index contributed by atoms with van der Waals surface area (Å²) in [7, 11) is 0. The van der Waals surface area contributed by atoms with E-state index in [2.05, 4.69) is 62.0 Å². The molecule has 0 saturated carbocycles. The molecule has 28 nitrogen and oxygen atoms in total. The minimum absolute atomic E-state index is 0. The number of tetrazole rings is 2. The molecular weight excluding hydrogens is 1820 g/mol. The Morgan fingerprint density at radius 1 is 0.374 bits per heavy atom. The standard InChI is InChI=1S/C33H32F4N8O2.C33H31F4N5O2.C32H31F4N9O2.CH4/c1-22(24-8-3-2-4-9-24)18-45-31(46)29(21-44(32(45)47)20-26-27(33(35,36)37)11-6-12-28(26)34)43-15-13-42(14-16-43)19-23-7-5-10-25(17-23)30-38-40-41-39-30;1-23(26-9-3-2-4-10-26)19-42-31(43)30(40-15-13-39(14-16-40)20-25-8-5-7-24(17-25)18-38)22-41(32(42)44)21-27-28(33(35,36)37)11-6-12-29(27)34;33-26-11-5-10-25(32(34,35)36)24(26)18-44-20-28(30(46)45(31(44)47)19-27(37)22-7-2-1-3-8-22)43-14-12-42(13-15-43)17-21-6-4-9-23(16-21)29-38-40-41-39-29;/h2-12,17,21-22H,13-16,18-20H2,1H3,(H,38,39,40,41);2-12,17,22-23H,13-16,19-21H2,1H3;1-11,16,20,27H,12-15,17-19,37H2,(H,38,39,40,41);1H4/t22-;23-;27-;/m000./s1. The number of nitriles is 1. The van der Waals surface area contributed by atoms with Gasteiger partial charge in [0, 0.05) is 164 Å². The highest BCUT2D eigenvalue weighted by Gasteiger charge is 2.39. The molecule has 3 saturated heterocycles. The Balaban J connectivity index is 0.000000166. The lowest BCUT2D eigenvalue weighted by Crippen LogP contribution is -2.50. The first-order valence-electron chi connectivity index (χ1n) is 44.2. The van der Waals surface area contributed by atoms with E-state index < -0.39 is 129 Å². The summed E-state index contributed by atoms with van der Waals surface area (Å²) in [6.07, 6.45) is -10.8. The molecule has 0 aliphatic carbocycles. The van der Waals surface area contributed by atoms with E-state index >= 15 is 0 Å². The number of hydrogen-bond donors (Lipinski definition) is 3. The highest BCUT2D eigenvalue weighted by Crippen LogP contribution is 2.38. The number of benzene rings is 9. The molecule has 724 valence electrons. The molecule has 4 N–H and O–H groups in total. The van der Waals surface area contributed by atoms with Crippen molar-refractivity contribution in [1.29, 1.82) is 5.26 Å². The second-order valence-corrected chi connectivity index (χ2v) is 33.9. The largest absolute Gasteiger partial charge is 0.416 e. The van der Waals surface area contributed by atoms with Crippen LogP contribution in [0.25, 0.3) is 22.8 Å². The number of piperazine rings is 3. The molecule has 3 aliphatic heterocycles. The van der Waals surface area contributed by atoms with Gasteiger partial charge in [0.2, 0.25) is 11.6 Å². The number of nitrogens with zero attached hydrogens (tertiary/aromatic N) is 19. The molecule has 0 radical (unpaired) electrons. The number of anilines is 3. The van der Waals surface area contributed by atoms with Gasteiger partial charge in [-0.25, -0.2) is 27.6 Å². The van der Waals surface area contributed by atoms with E-state index in [9.17, 15) is 86.7 Å². The summed E-state index contributed by atoms with van der Waals surface area (Å²) in [6, 6.07) is 59.7. The summed E-state index contributed by atoms with van der Waals surface area (Å²) >= 11 is 0. The van der Waals surface area contributed by atoms with Crippen molar-refractivity contribution in [2.45, 2.75) is 117 Å². The van der Waals surface area contributed by atoms with Crippen molar-refractivity contribution in [3.05, 3.63) is 389 Å². The Kier molecular flexibility index (Phi) is 31.7. The first-order valence-corrected chi connectivity index (χ1v) is 44.2. The van der Waals surface area contributed by atoms with Gasteiger partial charge in [0.15, 0.2) is 0 Å². The molecule has 0 amide bonds. The third kappa shape index (κ3) is 24.2. The number of nitrogens with one attached hydrogen (secondary N) is 2. The van der Waals surface area contributed by atoms with Gasteiger partial charge in [-0.05, 0) is 116 Å². The van der Waals surface area contributed by atoms with Gasteiger partial charge in [0.25, 0.3) is 16.7 Å². The Morgan fingerprint density at radius 2 is 0.676 bits per heavy atom. The molecule has 14 aromatic rings. The van der Waals surface area contributed by atoms with E-state index in [0.717, 1.165) is 121 Å². The predicted octanol–water partition coefficient (Wildman–Crippen LogP) is 13.8. The zero-order valence-corrected chi connectivity index (χ0v) is 74.7. The highest BCUT2D eigenvalue weighted by molar-refractivity contribution is 5.56. The molecule has 40 heteroatoms. The average Bonchev–Trinajstić information content (AvgIpc) is 1.03. The minimum Gasteiger partial charge on any atom is -0.363 e. The van der Waals surface area contributed by atoms with Gasteiger partial charge in [0.05, 0.1) is 54.5 Å². The fraction of sp³-hybridized carbons (Fsp3) is 0.303. The third-order valence-electron chi connectivity index (χ3n) is 24.6. The second kappa shape index (κ2) is 44.0. The number of alkyl halides is 9. The molecule has 9 aromatic carbocycles. The zero-order valence-electron chi connectivity index (χ0n) is 74.7. The van der Waals surface area contributed by atoms with E-state index in [-0.39, 0.29) is 56.0 Å². The fourth-order valence-electron chi connectivity index (χ4n) is 17.3. The van der Waals surface area contributed by atoms with E-state index in [0.29, 0.717) is 121 Å².